The third-order valence-corrected chi connectivity index (χ3v) is 5.62. The first-order chi connectivity index (χ1) is 10.7. The Kier molecular flexibility index (Phi) is 5.43. The van der Waals surface area contributed by atoms with Gasteiger partial charge in [0.2, 0.25) is 5.91 Å². The zero-order valence-electron chi connectivity index (χ0n) is 13.8. The highest BCUT2D eigenvalue weighted by Gasteiger charge is 2.29. The Morgan fingerprint density at radius 1 is 1.52 bits per heavy atom. The van der Waals surface area contributed by atoms with E-state index in [2.05, 4.69) is 16.6 Å². The third-order valence-electron chi connectivity index (χ3n) is 4.35. The number of carbonyl (C=O) groups is 1. The van der Waals surface area contributed by atoms with E-state index < -0.39 is 10.0 Å². The molecule has 1 aromatic rings. The molecular formula is C14H25N5O3S. The summed E-state index contributed by atoms with van der Waals surface area (Å²) in [5.41, 5.74) is 5.74. The Morgan fingerprint density at radius 3 is 2.78 bits per heavy atom. The SMILES string of the molecule is Cc1nc(S(=O)(=O)NCC(=O)N2CCC(C)CC2CN)cn1C. The number of nitrogens with zero attached hydrogens (tertiary/aromatic N) is 3. The molecule has 0 aromatic carbocycles. The molecule has 0 radical (unpaired) electrons. The molecule has 2 heterocycles. The van der Waals surface area contributed by atoms with Crippen LogP contribution in [0.4, 0.5) is 0 Å². The van der Waals surface area contributed by atoms with Crippen molar-refractivity contribution in [3.8, 4) is 0 Å². The summed E-state index contributed by atoms with van der Waals surface area (Å²) in [7, 11) is -2.08. The smallest absolute Gasteiger partial charge is 0.260 e. The van der Waals surface area contributed by atoms with Gasteiger partial charge in [0.1, 0.15) is 5.82 Å². The van der Waals surface area contributed by atoms with Gasteiger partial charge in [-0.05, 0) is 25.7 Å². The van der Waals surface area contributed by atoms with Crippen LogP contribution in [0.2, 0.25) is 0 Å². The molecule has 1 aliphatic rings. The fraction of sp³-hybridized carbons (Fsp3) is 0.714. The van der Waals surface area contributed by atoms with Gasteiger partial charge in [0.15, 0.2) is 5.03 Å². The summed E-state index contributed by atoms with van der Waals surface area (Å²) >= 11 is 0. The number of imidazole rings is 1. The lowest BCUT2D eigenvalue weighted by atomic mass is 9.92. The molecule has 0 saturated carbocycles. The van der Waals surface area contributed by atoms with E-state index in [-0.39, 0.29) is 23.5 Å². The minimum Gasteiger partial charge on any atom is -0.337 e. The van der Waals surface area contributed by atoms with Crippen LogP contribution in [0.15, 0.2) is 11.2 Å². The highest BCUT2D eigenvalue weighted by molar-refractivity contribution is 7.89. The number of rotatable bonds is 5. The first kappa shape index (κ1) is 17.9. The van der Waals surface area contributed by atoms with Crippen LogP contribution in [-0.4, -0.2) is 54.5 Å². The van der Waals surface area contributed by atoms with Crippen molar-refractivity contribution >= 4 is 15.9 Å². The van der Waals surface area contributed by atoms with E-state index >= 15 is 0 Å². The zero-order chi connectivity index (χ0) is 17.2. The van der Waals surface area contributed by atoms with Crippen molar-refractivity contribution in [2.45, 2.75) is 37.8 Å². The Balaban J connectivity index is 2.00. The number of carbonyl (C=O) groups excluding carboxylic acids is 1. The zero-order valence-corrected chi connectivity index (χ0v) is 14.6. The summed E-state index contributed by atoms with van der Waals surface area (Å²) in [6, 6.07) is -0.0205. The standard InChI is InChI=1S/C14H25N5O3S/c1-10-4-5-19(12(6-10)7-15)14(20)8-16-23(21,22)13-9-18(3)11(2)17-13/h9-10,12,16H,4-8,15H2,1-3H3. The minimum atomic E-state index is -3.79. The van der Waals surface area contributed by atoms with Gasteiger partial charge in [0, 0.05) is 32.4 Å². The number of aryl methyl sites for hydroxylation is 2. The summed E-state index contributed by atoms with van der Waals surface area (Å²) in [5.74, 6) is 0.870. The summed E-state index contributed by atoms with van der Waals surface area (Å²) in [6.45, 7) is 4.58. The third kappa shape index (κ3) is 4.10. The van der Waals surface area contributed by atoms with Crippen molar-refractivity contribution in [2.75, 3.05) is 19.6 Å². The lowest BCUT2D eigenvalue weighted by Crippen LogP contribution is -2.52. The maximum atomic E-state index is 12.3. The number of aromatic nitrogens is 2. The fourth-order valence-corrected chi connectivity index (χ4v) is 3.80. The Hall–Kier alpha value is -1.45. The summed E-state index contributed by atoms with van der Waals surface area (Å²) in [6.07, 6.45) is 3.19. The van der Waals surface area contributed by atoms with E-state index in [0.717, 1.165) is 12.8 Å². The first-order valence-corrected chi connectivity index (χ1v) is 9.22. The van der Waals surface area contributed by atoms with Crippen molar-refractivity contribution in [2.24, 2.45) is 18.7 Å². The van der Waals surface area contributed by atoms with Crippen LogP contribution in [0.1, 0.15) is 25.6 Å². The highest BCUT2D eigenvalue weighted by atomic mass is 32.2. The molecule has 1 fully saturated rings. The maximum absolute atomic E-state index is 12.3. The molecule has 1 amide bonds. The van der Waals surface area contributed by atoms with Gasteiger partial charge in [-0.2, -0.15) is 0 Å². The number of likely N-dealkylation sites (tertiary alicyclic amines) is 1. The maximum Gasteiger partial charge on any atom is 0.260 e. The normalized spacial score (nSPS) is 22.3. The van der Waals surface area contributed by atoms with Crippen molar-refractivity contribution < 1.29 is 13.2 Å². The lowest BCUT2D eigenvalue weighted by molar-refractivity contribution is -0.133. The van der Waals surface area contributed by atoms with Crippen molar-refractivity contribution in [1.82, 2.24) is 19.2 Å². The number of nitrogens with two attached hydrogens (primary N) is 1. The van der Waals surface area contributed by atoms with Gasteiger partial charge in [0.05, 0.1) is 6.54 Å². The molecule has 0 bridgehead atoms. The summed E-state index contributed by atoms with van der Waals surface area (Å²) < 4.78 is 28.4. The number of piperidine rings is 1. The number of nitrogens with one attached hydrogen (secondary N) is 1. The lowest BCUT2D eigenvalue weighted by Gasteiger charge is -2.38. The number of amides is 1. The molecule has 2 unspecified atom stereocenters. The van der Waals surface area contributed by atoms with Crippen LogP contribution in [0.3, 0.4) is 0 Å². The second kappa shape index (κ2) is 6.98. The van der Waals surface area contributed by atoms with Gasteiger partial charge in [-0.3, -0.25) is 4.79 Å². The van der Waals surface area contributed by atoms with Gasteiger partial charge in [-0.1, -0.05) is 6.92 Å². The van der Waals surface area contributed by atoms with Gasteiger partial charge >= 0.3 is 0 Å². The average Bonchev–Trinajstić information content (AvgIpc) is 2.85. The van der Waals surface area contributed by atoms with E-state index in [4.69, 9.17) is 5.73 Å². The van der Waals surface area contributed by atoms with Gasteiger partial charge in [0.25, 0.3) is 10.0 Å². The molecule has 9 heteroatoms. The quantitative estimate of drug-likeness (QED) is 0.755. The second-order valence-corrected chi connectivity index (χ2v) is 7.88. The van der Waals surface area contributed by atoms with Gasteiger partial charge in [-0.25, -0.2) is 18.1 Å². The molecule has 1 aliphatic heterocycles. The molecule has 1 aromatic heterocycles. The monoisotopic (exact) mass is 343 g/mol. The van der Waals surface area contributed by atoms with E-state index in [0.29, 0.717) is 24.8 Å². The molecule has 0 aliphatic carbocycles. The van der Waals surface area contributed by atoms with Crippen LogP contribution in [0.25, 0.3) is 0 Å². The topological polar surface area (TPSA) is 110 Å². The van der Waals surface area contributed by atoms with Crippen molar-refractivity contribution in [3.63, 3.8) is 0 Å². The van der Waals surface area contributed by atoms with Crippen LogP contribution < -0.4 is 10.5 Å². The van der Waals surface area contributed by atoms with Crippen LogP contribution in [-0.2, 0) is 21.9 Å². The highest BCUT2D eigenvalue weighted by Crippen LogP contribution is 2.21. The fourth-order valence-electron chi connectivity index (χ4n) is 2.79. The Labute approximate surface area is 137 Å². The van der Waals surface area contributed by atoms with Gasteiger partial charge < -0.3 is 15.2 Å². The molecule has 8 nitrogen and oxygen atoms in total. The van der Waals surface area contributed by atoms with Crippen LogP contribution in [0, 0.1) is 12.8 Å². The average molecular weight is 343 g/mol. The summed E-state index contributed by atoms with van der Waals surface area (Å²) in [4.78, 5) is 18.0. The number of sulfonamides is 1. The Morgan fingerprint density at radius 2 is 2.22 bits per heavy atom. The largest absolute Gasteiger partial charge is 0.337 e. The molecule has 2 atom stereocenters. The Bertz CT molecular complexity index is 650. The van der Waals surface area contributed by atoms with Crippen LogP contribution >= 0.6 is 0 Å². The predicted octanol–water partition coefficient (Wildman–Crippen LogP) is -0.407. The molecule has 3 N–H and O–H groups in total. The number of hydrogen-bond acceptors (Lipinski definition) is 5. The van der Waals surface area contributed by atoms with Crippen molar-refractivity contribution in [1.29, 1.82) is 0 Å². The summed E-state index contributed by atoms with van der Waals surface area (Å²) in [5, 5.41) is -0.0760. The van der Waals surface area contributed by atoms with Crippen LogP contribution in [0.5, 0.6) is 0 Å². The van der Waals surface area contributed by atoms with E-state index in [1.807, 2.05) is 0 Å². The van der Waals surface area contributed by atoms with E-state index in [9.17, 15) is 13.2 Å². The van der Waals surface area contributed by atoms with E-state index in [1.54, 1.807) is 23.4 Å². The minimum absolute atomic E-state index is 0.0205. The van der Waals surface area contributed by atoms with Crippen molar-refractivity contribution in [3.05, 3.63) is 12.0 Å². The predicted molar refractivity (Wildman–Crippen MR) is 86.1 cm³/mol. The first-order valence-electron chi connectivity index (χ1n) is 7.73. The van der Waals surface area contributed by atoms with E-state index in [1.165, 1.54) is 6.20 Å². The second-order valence-electron chi connectivity index (χ2n) is 6.17. The molecule has 23 heavy (non-hydrogen) atoms. The molecule has 0 spiro atoms. The molecule has 2 rings (SSSR count). The molecule has 130 valence electrons. The molecular weight excluding hydrogens is 318 g/mol. The van der Waals surface area contributed by atoms with Gasteiger partial charge in [-0.15, -0.1) is 0 Å². The molecule has 1 saturated heterocycles. The number of hydrogen-bond donors (Lipinski definition) is 2.